The van der Waals surface area contributed by atoms with E-state index in [0.717, 1.165) is 30.0 Å². The molecule has 0 unspecified atom stereocenters. The van der Waals surface area contributed by atoms with E-state index in [1.54, 1.807) is 12.4 Å². The van der Waals surface area contributed by atoms with Gasteiger partial charge >= 0.3 is 0 Å². The summed E-state index contributed by atoms with van der Waals surface area (Å²) in [5.41, 5.74) is 3.19. The molecule has 2 aromatic heterocycles. The van der Waals surface area contributed by atoms with Gasteiger partial charge in [0, 0.05) is 18.1 Å². The highest BCUT2D eigenvalue weighted by Gasteiger charge is 2.10. The van der Waals surface area contributed by atoms with Gasteiger partial charge in [0.05, 0.1) is 11.4 Å². The molecule has 0 aliphatic carbocycles. The van der Waals surface area contributed by atoms with Gasteiger partial charge in [0.25, 0.3) is 0 Å². The summed E-state index contributed by atoms with van der Waals surface area (Å²) in [7, 11) is 0. The molecule has 2 heterocycles. The number of aryl methyl sites for hydroxylation is 3. The second kappa shape index (κ2) is 4.43. The highest BCUT2D eigenvalue weighted by Crippen LogP contribution is 2.13. The molecule has 0 amide bonds. The molecular weight excluding hydrogens is 200 g/mol. The fourth-order valence-corrected chi connectivity index (χ4v) is 1.69. The molecule has 84 valence electrons. The van der Waals surface area contributed by atoms with Crippen LogP contribution in [0.15, 0.2) is 18.5 Å². The lowest BCUT2D eigenvalue weighted by Crippen LogP contribution is -2.07. The molecule has 16 heavy (non-hydrogen) atoms. The van der Waals surface area contributed by atoms with Gasteiger partial charge in [0.2, 0.25) is 0 Å². The normalized spacial score (nSPS) is 10.7. The van der Waals surface area contributed by atoms with Gasteiger partial charge in [0.15, 0.2) is 5.82 Å². The molecule has 0 saturated heterocycles. The molecule has 0 aliphatic heterocycles. The van der Waals surface area contributed by atoms with E-state index in [9.17, 15) is 0 Å². The summed E-state index contributed by atoms with van der Waals surface area (Å²) >= 11 is 0. The van der Waals surface area contributed by atoms with Crippen LogP contribution in [0.2, 0.25) is 0 Å². The fourth-order valence-electron chi connectivity index (χ4n) is 1.69. The summed E-state index contributed by atoms with van der Waals surface area (Å²) < 4.78 is 1.90. The van der Waals surface area contributed by atoms with Gasteiger partial charge in [-0.1, -0.05) is 13.8 Å². The Balaban J connectivity index is 2.54. The van der Waals surface area contributed by atoms with Gasteiger partial charge in [-0.15, -0.1) is 0 Å². The van der Waals surface area contributed by atoms with E-state index >= 15 is 0 Å². The summed E-state index contributed by atoms with van der Waals surface area (Å²) in [6.07, 6.45) is 5.30. The molecule has 0 N–H and O–H groups in total. The van der Waals surface area contributed by atoms with Gasteiger partial charge in [-0.3, -0.25) is 4.98 Å². The van der Waals surface area contributed by atoms with Crippen LogP contribution in [0.4, 0.5) is 0 Å². The minimum absolute atomic E-state index is 0.832. The zero-order valence-corrected chi connectivity index (χ0v) is 9.94. The number of hydrogen-bond donors (Lipinski definition) is 0. The largest absolute Gasteiger partial charge is 0.256 e. The average Bonchev–Trinajstić information content (AvgIpc) is 2.72. The third kappa shape index (κ3) is 1.83. The van der Waals surface area contributed by atoms with Crippen LogP contribution in [-0.4, -0.2) is 19.7 Å². The van der Waals surface area contributed by atoms with E-state index in [-0.39, 0.29) is 0 Å². The number of rotatable bonds is 3. The maximum atomic E-state index is 4.54. The van der Waals surface area contributed by atoms with Crippen molar-refractivity contribution in [3.05, 3.63) is 35.5 Å². The van der Waals surface area contributed by atoms with Crippen molar-refractivity contribution in [3.63, 3.8) is 0 Å². The third-order valence-electron chi connectivity index (χ3n) is 2.61. The van der Waals surface area contributed by atoms with Crippen molar-refractivity contribution < 1.29 is 0 Å². The average molecular weight is 216 g/mol. The molecule has 4 heteroatoms. The summed E-state index contributed by atoms with van der Waals surface area (Å²) in [4.78, 5) is 8.59. The Morgan fingerprint density at radius 1 is 1.12 bits per heavy atom. The molecule has 0 spiro atoms. The van der Waals surface area contributed by atoms with Gasteiger partial charge in [-0.25, -0.2) is 9.67 Å². The van der Waals surface area contributed by atoms with Crippen LogP contribution in [0.1, 0.15) is 30.9 Å². The summed E-state index contributed by atoms with van der Waals surface area (Å²) in [5.74, 6) is 0.832. The smallest absolute Gasteiger partial charge is 0.175 e. The lowest BCUT2D eigenvalue weighted by molar-refractivity contribution is 0.759. The molecular formula is C12H16N4. The first-order chi connectivity index (χ1) is 7.76. The van der Waals surface area contributed by atoms with Gasteiger partial charge in [-0.2, -0.15) is 5.10 Å². The highest BCUT2D eigenvalue weighted by molar-refractivity contribution is 5.29. The molecule has 4 nitrogen and oxygen atoms in total. The van der Waals surface area contributed by atoms with Crippen LogP contribution in [0.25, 0.3) is 5.82 Å². The van der Waals surface area contributed by atoms with Crippen molar-refractivity contribution in [2.24, 2.45) is 0 Å². The van der Waals surface area contributed by atoms with Crippen LogP contribution < -0.4 is 0 Å². The Bertz CT molecular complexity index is 488. The molecule has 0 saturated carbocycles. The topological polar surface area (TPSA) is 43.6 Å². The lowest BCUT2D eigenvalue weighted by Gasteiger charge is -2.06. The number of hydrogen-bond acceptors (Lipinski definition) is 3. The minimum Gasteiger partial charge on any atom is -0.256 e. The van der Waals surface area contributed by atoms with Gasteiger partial charge < -0.3 is 0 Å². The van der Waals surface area contributed by atoms with E-state index in [4.69, 9.17) is 0 Å². The Morgan fingerprint density at radius 3 is 2.50 bits per heavy atom. The van der Waals surface area contributed by atoms with E-state index in [0.29, 0.717) is 0 Å². The van der Waals surface area contributed by atoms with Crippen molar-refractivity contribution in [2.45, 2.75) is 33.6 Å². The van der Waals surface area contributed by atoms with E-state index in [2.05, 4.69) is 35.0 Å². The molecule has 2 aromatic rings. The Hall–Kier alpha value is -1.71. The number of nitrogens with zero attached hydrogens (tertiary/aromatic N) is 4. The molecule has 0 bridgehead atoms. The van der Waals surface area contributed by atoms with Crippen LogP contribution in [0.3, 0.4) is 0 Å². The van der Waals surface area contributed by atoms with Gasteiger partial charge in [-0.05, 0) is 25.8 Å². The lowest BCUT2D eigenvalue weighted by atomic mass is 10.2. The van der Waals surface area contributed by atoms with Crippen molar-refractivity contribution in [2.75, 3.05) is 0 Å². The van der Waals surface area contributed by atoms with E-state index in [1.165, 1.54) is 5.69 Å². The Morgan fingerprint density at radius 2 is 1.88 bits per heavy atom. The standard InChI is InChI=1S/C12H16N4/c1-4-10-8-11(5-2)16(15-10)12-9(3)13-6-7-14-12/h6-8H,4-5H2,1-3H3. The van der Waals surface area contributed by atoms with Crippen molar-refractivity contribution in [1.29, 1.82) is 0 Å². The van der Waals surface area contributed by atoms with Crippen LogP contribution in [0, 0.1) is 6.92 Å². The first kappa shape index (κ1) is 10.8. The van der Waals surface area contributed by atoms with E-state index in [1.807, 2.05) is 11.6 Å². The Kier molecular flexibility index (Phi) is 2.99. The first-order valence-corrected chi connectivity index (χ1v) is 5.62. The highest BCUT2D eigenvalue weighted by atomic mass is 15.3. The summed E-state index contributed by atoms with van der Waals surface area (Å²) in [6, 6.07) is 2.13. The Labute approximate surface area is 95.4 Å². The molecule has 0 aromatic carbocycles. The maximum Gasteiger partial charge on any atom is 0.175 e. The van der Waals surface area contributed by atoms with Crippen LogP contribution in [-0.2, 0) is 12.8 Å². The van der Waals surface area contributed by atoms with Crippen LogP contribution in [0.5, 0.6) is 0 Å². The maximum absolute atomic E-state index is 4.54. The first-order valence-electron chi connectivity index (χ1n) is 5.62. The predicted octanol–water partition coefficient (Wildman–Crippen LogP) is 2.10. The SMILES string of the molecule is CCc1cc(CC)n(-c2nccnc2C)n1. The summed E-state index contributed by atoms with van der Waals surface area (Å²) in [5, 5.41) is 4.54. The van der Waals surface area contributed by atoms with Crippen molar-refractivity contribution in [3.8, 4) is 5.82 Å². The quantitative estimate of drug-likeness (QED) is 0.789. The van der Waals surface area contributed by atoms with Crippen LogP contribution >= 0.6 is 0 Å². The van der Waals surface area contributed by atoms with E-state index < -0.39 is 0 Å². The monoisotopic (exact) mass is 216 g/mol. The second-order valence-electron chi connectivity index (χ2n) is 3.71. The predicted molar refractivity (Wildman–Crippen MR) is 62.6 cm³/mol. The van der Waals surface area contributed by atoms with Gasteiger partial charge in [0.1, 0.15) is 0 Å². The summed E-state index contributed by atoms with van der Waals surface area (Å²) in [6.45, 7) is 6.18. The molecule has 0 fully saturated rings. The second-order valence-corrected chi connectivity index (χ2v) is 3.71. The zero-order chi connectivity index (χ0) is 11.5. The third-order valence-corrected chi connectivity index (χ3v) is 2.61. The molecule has 0 atom stereocenters. The fraction of sp³-hybridized carbons (Fsp3) is 0.417. The molecule has 2 rings (SSSR count). The zero-order valence-electron chi connectivity index (χ0n) is 9.94. The number of aromatic nitrogens is 4. The van der Waals surface area contributed by atoms with Crippen molar-refractivity contribution in [1.82, 2.24) is 19.7 Å². The molecule has 0 radical (unpaired) electrons. The van der Waals surface area contributed by atoms with Crippen molar-refractivity contribution >= 4 is 0 Å². The minimum atomic E-state index is 0.832. The molecule has 0 aliphatic rings.